The Morgan fingerprint density at radius 3 is 2.43 bits per heavy atom. The van der Waals surface area contributed by atoms with Crippen LogP contribution in [-0.4, -0.2) is 24.9 Å². The third-order valence-electron chi connectivity index (χ3n) is 2.96. The van der Waals surface area contributed by atoms with E-state index in [1.54, 1.807) is 18.9 Å². The predicted octanol–water partition coefficient (Wildman–Crippen LogP) is 4.22. The molecular weight excluding hydrogens is 421 g/mol. The monoisotopic (exact) mass is 443 g/mol. The number of thioether (sulfide) groups is 1. The van der Waals surface area contributed by atoms with E-state index in [1.807, 2.05) is 42.5 Å². The van der Waals surface area contributed by atoms with Crippen molar-refractivity contribution < 1.29 is 4.74 Å². The molecule has 124 valence electrons. The topological polar surface area (TPSA) is 59.6 Å². The fraction of sp³-hybridized carbons (Fsp3) is 0.235. The standard InChI is InChI=1S/C17H21N3OS.HI/c1-13(22-16-6-4-3-5-7-16)12-19-17(18)20-14-8-10-15(21-2)11-9-14;/h3-11,13H,12H2,1-2H3,(H3,18,19,20);1H. The molecule has 1 atom stereocenters. The number of hydrogen-bond donors (Lipinski definition) is 2. The van der Waals surface area contributed by atoms with Gasteiger partial charge in [-0.05, 0) is 36.4 Å². The van der Waals surface area contributed by atoms with Crippen LogP contribution >= 0.6 is 35.7 Å². The van der Waals surface area contributed by atoms with E-state index < -0.39 is 0 Å². The van der Waals surface area contributed by atoms with Gasteiger partial charge in [-0.15, -0.1) is 35.7 Å². The molecule has 4 nitrogen and oxygen atoms in total. The summed E-state index contributed by atoms with van der Waals surface area (Å²) in [5, 5.41) is 3.44. The van der Waals surface area contributed by atoms with Crippen molar-refractivity contribution in [3.8, 4) is 5.75 Å². The molecule has 0 saturated carbocycles. The molecule has 0 aliphatic heterocycles. The average molecular weight is 443 g/mol. The number of halogens is 1. The second-order valence-corrected chi connectivity index (χ2v) is 6.33. The molecule has 2 aromatic carbocycles. The molecule has 0 heterocycles. The Morgan fingerprint density at radius 1 is 1.17 bits per heavy atom. The lowest BCUT2D eigenvalue weighted by molar-refractivity contribution is 0.415. The number of nitrogens with one attached hydrogen (secondary N) is 1. The van der Waals surface area contributed by atoms with E-state index in [4.69, 9.17) is 10.5 Å². The number of aliphatic imine (C=N–C) groups is 1. The summed E-state index contributed by atoms with van der Waals surface area (Å²) in [7, 11) is 1.64. The number of nitrogens with zero attached hydrogens (tertiary/aromatic N) is 1. The fourth-order valence-corrected chi connectivity index (χ4v) is 2.79. The van der Waals surface area contributed by atoms with Crippen molar-refractivity contribution in [2.24, 2.45) is 10.7 Å². The molecule has 0 radical (unpaired) electrons. The highest BCUT2D eigenvalue weighted by Gasteiger charge is 2.04. The average Bonchev–Trinajstić information content (AvgIpc) is 2.55. The molecule has 0 aromatic heterocycles. The number of rotatable bonds is 6. The zero-order valence-corrected chi connectivity index (χ0v) is 16.4. The SMILES string of the molecule is COc1ccc(NC(N)=NCC(C)Sc2ccccc2)cc1.I. The molecule has 3 N–H and O–H groups in total. The highest BCUT2D eigenvalue weighted by molar-refractivity contribution is 14.0. The number of anilines is 1. The third-order valence-corrected chi connectivity index (χ3v) is 4.06. The van der Waals surface area contributed by atoms with Crippen molar-refractivity contribution in [2.45, 2.75) is 17.1 Å². The third kappa shape index (κ3) is 7.13. The van der Waals surface area contributed by atoms with Crippen LogP contribution < -0.4 is 15.8 Å². The first-order valence-electron chi connectivity index (χ1n) is 7.10. The summed E-state index contributed by atoms with van der Waals surface area (Å²) >= 11 is 1.79. The Labute approximate surface area is 158 Å². The van der Waals surface area contributed by atoms with Crippen molar-refractivity contribution in [3.05, 3.63) is 54.6 Å². The molecular formula is C17H22IN3OS. The minimum Gasteiger partial charge on any atom is -0.497 e. The summed E-state index contributed by atoms with van der Waals surface area (Å²) in [4.78, 5) is 5.63. The van der Waals surface area contributed by atoms with E-state index in [-0.39, 0.29) is 24.0 Å². The molecule has 0 aliphatic rings. The van der Waals surface area contributed by atoms with Gasteiger partial charge in [-0.3, -0.25) is 4.99 Å². The lowest BCUT2D eigenvalue weighted by atomic mass is 10.3. The quantitative estimate of drug-likeness (QED) is 0.304. The van der Waals surface area contributed by atoms with Gasteiger partial charge in [-0.2, -0.15) is 0 Å². The van der Waals surface area contributed by atoms with Gasteiger partial charge in [0.2, 0.25) is 0 Å². The van der Waals surface area contributed by atoms with Gasteiger partial charge in [-0.1, -0.05) is 25.1 Å². The lowest BCUT2D eigenvalue weighted by Gasteiger charge is -2.10. The summed E-state index contributed by atoms with van der Waals surface area (Å²) in [6.07, 6.45) is 0. The van der Waals surface area contributed by atoms with Crippen molar-refractivity contribution in [1.82, 2.24) is 0 Å². The zero-order chi connectivity index (χ0) is 15.8. The van der Waals surface area contributed by atoms with E-state index in [2.05, 4.69) is 29.4 Å². The number of hydrogen-bond acceptors (Lipinski definition) is 3. The molecule has 0 fully saturated rings. The van der Waals surface area contributed by atoms with E-state index in [0.717, 1.165) is 11.4 Å². The Hall–Kier alpha value is -1.41. The first-order valence-corrected chi connectivity index (χ1v) is 7.98. The Bertz CT molecular complexity index is 605. The maximum Gasteiger partial charge on any atom is 0.193 e. The van der Waals surface area contributed by atoms with E-state index in [1.165, 1.54) is 4.90 Å². The van der Waals surface area contributed by atoms with Crippen molar-refractivity contribution in [1.29, 1.82) is 0 Å². The van der Waals surface area contributed by atoms with Crippen LogP contribution in [0.3, 0.4) is 0 Å². The molecule has 0 amide bonds. The van der Waals surface area contributed by atoms with Gasteiger partial charge in [0.25, 0.3) is 0 Å². The summed E-state index contributed by atoms with van der Waals surface area (Å²) < 4.78 is 5.12. The molecule has 23 heavy (non-hydrogen) atoms. The summed E-state index contributed by atoms with van der Waals surface area (Å²) in [5.41, 5.74) is 6.81. The van der Waals surface area contributed by atoms with Crippen molar-refractivity contribution in [2.75, 3.05) is 19.0 Å². The van der Waals surface area contributed by atoms with Gasteiger partial charge < -0.3 is 15.8 Å². The van der Waals surface area contributed by atoms with Crippen LogP contribution in [0.5, 0.6) is 5.75 Å². The van der Waals surface area contributed by atoms with Crippen LogP contribution in [0.1, 0.15) is 6.92 Å². The minimum atomic E-state index is 0. The first kappa shape index (κ1) is 19.6. The fourth-order valence-electron chi connectivity index (χ4n) is 1.86. The minimum absolute atomic E-state index is 0. The van der Waals surface area contributed by atoms with Crippen LogP contribution in [0.15, 0.2) is 64.5 Å². The Kier molecular flexibility index (Phi) is 8.86. The van der Waals surface area contributed by atoms with Gasteiger partial charge in [0.1, 0.15) is 5.75 Å². The lowest BCUT2D eigenvalue weighted by Crippen LogP contribution is -2.23. The Morgan fingerprint density at radius 2 is 1.83 bits per heavy atom. The van der Waals surface area contributed by atoms with E-state index in [0.29, 0.717) is 17.8 Å². The van der Waals surface area contributed by atoms with E-state index >= 15 is 0 Å². The number of ether oxygens (including phenoxy) is 1. The number of benzene rings is 2. The van der Waals surface area contributed by atoms with Gasteiger partial charge in [-0.25, -0.2) is 0 Å². The second-order valence-electron chi connectivity index (χ2n) is 4.82. The largest absolute Gasteiger partial charge is 0.497 e. The summed E-state index contributed by atoms with van der Waals surface area (Å²) in [6, 6.07) is 17.9. The normalized spacial score (nSPS) is 12.2. The van der Waals surface area contributed by atoms with Gasteiger partial charge in [0.15, 0.2) is 5.96 Å². The number of guanidine groups is 1. The van der Waals surface area contributed by atoms with Crippen LogP contribution in [0.4, 0.5) is 5.69 Å². The number of methoxy groups -OCH3 is 1. The Balaban J connectivity index is 0.00000264. The van der Waals surface area contributed by atoms with Crippen LogP contribution in [0, 0.1) is 0 Å². The smallest absolute Gasteiger partial charge is 0.193 e. The molecule has 0 spiro atoms. The maximum absolute atomic E-state index is 5.92. The van der Waals surface area contributed by atoms with Gasteiger partial charge in [0, 0.05) is 15.8 Å². The van der Waals surface area contributed by atoms with Crippen LogP contribution in [0.25, 0.3) is 0 Å². The summed E-state index contributed by atoms with van der Waals surface area (Å²) in [5.74, 6) is 1.24. The summed E-state index contributed by atoms with van der Waals surface area (Å²) in [6.45, 7) is 2.80. The second kappa shape index (κ2) is 10.4. The molecule has 0 saturated heterocycles. The van der Waals surface area contributed by atoms with Gasteiger partial charge >= 0.3 is 0 Å². The van der Waals surface area contributed by atoms with Crippen LogP contribution in [0.2, 0.25) is 0 Å². The molecule has 2 rings (SSSR count). The molecule has 0 bridgehead atoms. The van der Waals surface area contributed by atoms with Gasteiger partial charge in [0.05, 0.1) is 13.7 Å². The number of nitrogens with two attached hydrogens (primary N) is 1. The van der Waals surface area contributed by atoms with E-state index in [9.17, 15) is 0 Å². The predicted molar refractivity (Wildman–Crippen MR) is 110 cm³/mol. The maximum atomic E-state index is 5.92. The highest BCUT2D eigenvalue weighted by atomic mass is 127. The zero-order valence-electron chi connectivity index (χ0n) is 13.2. The van der Waals surface area contributed by atoms with Crippen molar-refractivity contribution >= 4 is 47.4 Å². The molecule has 6 heteroatoms. The van der Waals surface area contributed by atoms with Crippen LogP contribution in [-0.2, 0) is 0 Å². The van der Waals surface area contributed by atoms with Crippen molar-refractivity contribution in [3.63, 3.8) is 0 Å². The first-order chi connectivity index (χ1) is 10.7. The molecule has 2 aromatic rings. The molecule has 0 aliphatic carbocycles. The molecule has 1 unspecified atom stereocenters. The highest BCUT2D eigenvalue weighted by Crippen LogP contribution is 2.22.